The van der Waals surface area contributed by atoms with Crippen LogP contribution in [0.5, 0.6) is 0 Å². The lowest BCUT2D eigenvalue weighted by Crippen LogP contribution is -2.29. The monoisotopic (exact) mass is 287 g/mol. The van der Waals surface area contributed by atoms with Crippen molar-refractivity contribution in [2.75, 3.05) is 0 Å². The maximum atomic E-state index is 12.4. The SMILES string of the molecule is Cc1cc2c(n1CC1CCCC(C)C1)CC(C)(C)CC2=O. The van der Waals surface area contributed by atoms with Crippen molar-refractivity contribution in [2.45, 2.75) is 72.8 Å². The van der Waals surface area contributed by atoms with Gasteiger partial charge in [0.15, 0.2) is 5.78 Å². The molecule has 0 aromatic carbocycles. The van der Waals surface area contributed by atoms with E-state index in [1.54, 1.807) is 0 Å². The summed E-state index contributed by atoms with van der Waals surface area (Å²) in [6, 6.07) is 2.14. The average molecular weight is 287 g/mol. The van der Waals surface area contributed by atoms with Gasteiger partial charge in [0, 0.05) is 29.9 Å². The number of rotatable bonds is 2. The Kier molecular flexibility index (Phi) is 3.75. The van der Waals surface area contributed by atoms with Gasteiger partial charge in [0.2, 0.25) is 0 Å². The molecule has 0 saturated heterocycles. The molecule has 0 amide bonds. The van der Waals surface area contributed by atoms with E-state index in [4.69, 9.17) is 0 Å². The highest BCUT2D eigenvalue weighted by atomic mass is 16.1. The lowest BCUT2D eigenvalue weighted by molar-refractivity contribution is 0.0909. The Morgan fingerprint density at radius 1 is 1.29 bits per heavy atom. The third-order valence-electron chi connectivity index (χ3n) is 5.49. The van der Waals surface area contributed by atoms with Crippen LogP contribution in [0.15, 0.2) is 6.07 Å². The molecule has 1 aromatic rings. The number of aromatic nitrogens is 1. The van der Waals surface area contributed by atoms with E-state index < -0.39 is 0 Å². The van der Waals surface area contributed by atoms with Gasteiger partial charge in [-0.3, -0.25) is 4.79 Å². The molecular formula is C19H29NO. The minimum atomic E-state index is 0.118. The molecule has 1 fully saturated rings. The highest BCUT2D eigenvalue weighted by molar-refractivity contribution is 5.99. The molecule has 0 radical (unpaired) electrons. The van der Waals surface area contributed by atoms with Crippen LogP contribution >= 0.6 is 0 Å². The van der Waals surface area contributed by atoms with Crippen LogP contribution in [-0.4, -0.2) is 10.4 Å². The van der Waals surface area contributed by atoms with Crippen molar-refractivity contribution in [2.24, 2.45) is 17.3 Å². The molecule has 1 aromatic heterocycles. The molecule has 0 bridgehead atoms. The maximum absolute atomic E-state index is 12.4. The van der Waals surface area contributed by atoms with Crippen molar-refractivity contribution < 1.29 is 4.79 Å². The first kappa shape index (κ1) is 14.9. The predicted molar refractivity (Wildman–Crippen MR) is 86.7 cm³/mol. The van der Waals surface area contributed by atoms with Crippen molar-refractivity contribution >= 4 is 5.78 Å². The summed E-state index contributed by atoms with van der Waals surface area (Å²) < 4.78 is 2.47. The lowest BCUT2D eigenvalue weighted by Gasteiger charge is -2.32. The number of ketones is 1. The summed E-state index contributed by atoms with van der Waals surface area (Å²) in [6.07, 6.45) is 7.22. The zero-order chi connectivity index (χ0) is 15.2. The van der Waals surface area contributed by atoms with Crippen LogP contribution in [0, 0.1) is 24.2 Å². The van der Waals surface area contributed by atoms with Gasteiger partial charge < -0.3 is 4.57 Å². The Bertz CT molecular complexity index is 552. The topological polar surface area (TPSA) is 22.0 Å². The van der Waals surface area contributed by atoms with E-state index in [0.717, 1.165) is 30.4 Å². The van der Waals surface area contributed by atoms with Gasteiger partial charge in [0.05, 0.1) is 0 Å². The smallest absolute Gasteiger partial charge is 0.165 e. The normalized spacial score (nSPS) is 28.5. The molecule has 0 N–H and O–H groups in total. The van der Waals surface area contributed by atoms with Gasteiger partial charge in [-0.25, -0.2) is 0 Å². The molecule has 2 heteroatoms. The zero-order valence-electron chi connectivity index (χ0n) is 14.0. The van der Waals surface area contributed by atoms with E-state index in [1.807, 2.05) is 0 Å². The van der Waals surface area contributed by atoms with Crippen LogP contribution in [0.1, 0.15) is 74.6 Å². The Hall–Kier alpha value is -1.05. The molecule has 1 saturated carbocycles. The third-order valence-corrected chi connectivity index (χ3v) is 5.49. The number of carbonyl (C=O) groups is 1. The summed E-state index contributed by atoms with van der Waals surface area (Å²) >= 11 is 0. The van der Waals surface area contributed by atoms with E-state index in [2.05, 4.69) is 38.3 Å². The minimum absolute atomic E-state index is 0.118. The molecule has 2 atom stereocenters. The van der Waals surface area contributed by atoms with Crippen LogP contribution < -0.4 is 0 Å². The Balaban J connectivity index is 1.88. The van der Waals surface area contributed by atoms with E-state index >= 15 is 0 Å². The summed E-state index contributed by atoms with van der Waals surface area (Å²) in [6.45, 7) is 10.1. The molecule has 2 aliphatic carbocycles. The van der Waals surface area contributed by atoms with Crippen molar-refractivity contribution in [3.8, 4) is 0 Å². The number of hydrogen-bond acceptors (Lipinski definition) is 1. The largest absolute Gasteiger partial charge is 0.348 e. The summed E-state index contributed by atoms with van der Waals surface area (Å²) in [4.78, 5) is 12.4. The number of nitrogens with zero attached hydrogens (tertiary/aromatic N) is 1. The summed E-state index contributed by atoms with van der Waals surface area (Å²) in [7, 11) is 0. The Morgan fingerprint density at radius 2 is 2.05 bits per heavy atom. The molecule has 116 valence electrons. The van der Waals surface area contributed by atoms with Gasteiger partial charge in [-0.1, -0.05) is 33.6 Å². The fourth-order valence-corrected chi connectivity index (χ4v) is 4.44. The predicted octanol–water partition coefficient (Wildman–Crippen LogP) is 4.78. The lowest BCUT2D eigenvalue weighted by atomic mass is 9.76. The van der Waals surface area contributed by atoms with Gasteiger partial charge in [-0.15, -0.1) is 0 Å². The van der Waals surface area contributed by atoms with Crippen molar-refractivity contribution in [1.29, 1.82) is 0 Å². The molecule has 2 nitrogen and oxygen atoms in total. The number of Topliss-reactive ketones (excluding diaryl/α,β-unsaturated/α-hetero) is 1. The van der Waals surface area contributed by atoms with E-state index in [1.165, 1.54) is 37.1 Å². The van der Waals surface area contributed by atoms with Gasteiger partial charge in [-0.05, 0) is 49.5 Å². The molecule has 21 heavy (non-hydrogen) atoms. The van der Waals surface area contributed by atoms with Crippen molar-refractivity contribution in [3.63, 3.8) is 0 Å². The van der Waals surface area contributed by atoms with Crippen LogP contribution in [0.2, 0.25) is 0 Å². The van der Waals surface area contributed by atoms with E-state index in [-0.39, 0.29) is 5.41 Å². The molecule has 2 aliphatic rings. The van der Waals surface area contributed by atoms with Gasteiger partial charge in [0.25, 0.3) is 0 Å². The Morgan fingerprint density at radius 3 is 2.76 bits per heavy atom. The second-order valence-corrected chi connectivity index (χ2v) is 8.34. The van der Waals surface area contributed by atoms with Gasteiger partial charge in [0.1, 0.15) is 0 Å². The third kappa shape index (κ3) is 2.95. The molecule has 1 heterocycles. The standard InChI is InChI=1S/C19H29NO/c1-13-6-5-7-15(8-13)12-20-14(2)9-16-17(20)10-19(3,4)11-18(16)21/h9,13,15H,5-8,10-12H2,1-4H3. The average Bonchev–Trinajstić information content (AvgIpc) is 2.66. The second-order valence-electron chi connectivity index (χ2n) is 8.34. The van der Waals surface area contributed by atoms with Crippen LogP contribution in [0.25, 0.3) is 0 Å². The minimum Gasteiger partial charge on any atom is -0.348 e. The summed E-state index contributed by atoms with van der Waals surface area (Å²) in [5, 5.41) is 0. The summed E-state index contributed by atoms with van der Waals surface area (Å²) in [5.41, 5.74) is 3.72. The second kappa shape index (κ2) is 5.30. The first-order valence-electron chi connectivity index (χ1n) is 8.58. The fraction of sp³-hybridized carbons (Fsp3) is 0.737. The fourth-order valence-electron chi connectivity index (χ4n) is 4.44. The summed E-state index contributed by atoms with van der Waals surface area (Å²) in [5.74, 6) is 2.01. The van der Waals surface area contributed by atoms with Crippen LogP contribution in [0.3, 0.4) is 0 Å². The van der Waals surface area contributed by atoms with E-state index in [0.29, 0.717) is 12.2 Å². The number of hydrogen-bond donors (Lipinski definition) is 0. The maximum Gasteiger partial charge on any atom is 0.165 e. The number of aryl methyl sites for hydroxylation is 1. The quantitative estimate of drug-likeness (QED) is 0.767. The van der Waals surface area contributed by atoms with Crippen molar-refractivity contribution in [1.82, 2.24) is 4.57 Å². The number of carbonyl (C=O) groups excluding carboxylic acids is 1. The van der Waals surface area contributed by atoms with Gasteiger partial charge >= 0.3 is 0 Å². The molecule has 0 spiro atoms. The van der Waals surface area contributed by atoms with Crippen LogP contribution in [0.4, 0.5) is 0 Å². The highest BCUT2D eigenvalue weighted by Gasteiger charge is 2.34. The first-order valence-corrected chi connectivity index (χ1v) is 8.58. The van der Waals surface area contributed by atoms with Crippen LogP contribution in [-0.2, 0) is 13.0 Å². The van der Waals surface area contributed by atoms with E-state index in [9.17, 15) is 4.79 Å². The Labute approximate surface area is 128 Å². The van der Waals surface area contributed by atoms with Crippen molar-refractivity contribution in [3.05, 3.63) is 23.0 Å². The molecule has 0 aliphatic heterocycles. The number of fused-ring (bicyclic) bond motifs is 1. The van der Waals surface area contributed by atoms with Gasteiger partial charge in [-0.2, -0.15) is 0 Å². The molecule has 2 unspecified atom stereocenters. The molecule has 3 rings (SSSR count). The molecular weight excluding hydrogens is 258 g/mol. The zero-order valence-corrected chi connectivity index (χ0v) is 14.0. The highest BCUT2D eigenvalue weighted by Crippen LogP contribution is 2.37. The first-order chi connectivity index (χ1) is 9.85.